The largest absolute Gasteiger partial charge is 0.381 e. The van der Waals surface area contributed by atoms with E-state index >= 15 is 0 Å². The van der Waals surface area contributed by atoms with Crippen LogP contribution in [0.3, 0.4) is 0 Å². The minimum atomic E-state index is -1.07. The molecule has 0 saturated carbocycles. The molecule has 5 nitrogen and oxygen atoms in total. The minimum Gasteiger partial charge on any atom is -0.381 e. The molecule has 1 saturated heterocycles. The van der Waals surface area contributed by atoms with Gasteiger partial charge in [-0.15, -0.1) is 0 Å². The molecule has 132 valence electrons. The average molecular weight is 368 g/mol. The molecule has 7 heteroatoms. The Bertz CT molecular complexity index is 693. The van der Waals surface area contributed by atoms with Crippen LogP contribution in [0.5, 0.6) is 0 Å². The summed E-state index contributed by atoms with van der Waals surface area (Å²) < 4.78 is 13.5. The molecule has 2 aromatic heterocycles. The smallest absolute Gasteiger partial charge is 0.147 e. The van der Waals surface area contributed by atoms with Crippen molar-refractivity contribution >= 4 is 30.7 Å². The fourth-order valence-electron chi connectivity index (χ4n) is 3.07. The number of aromatic nitrogens is 3. The molecule has 0 N–H and O–H groups in total. The van der Waals surface area contributed by atoms with Crippen LogP contribution in [0.2, 0.25) is 30.8 Å². The molecule has 3 rings (SSSR count). The zero-order valence-corrected chi connectivity index (χ0v) is 16.5. The molecular formula is C17H26ClN3O2Si. The topological polar surface area (TPSA) is 49.2 Å². The van der Waals surface area contributed by atoms with Gasteiger partial charge in [0, 0.05) is 34.1 Å². The molecule has 2 aromatic rings. The Hall–Kier alpha value is -0.953. The molecule has 3 heterocycles. The lowest BCUT2D eigenvalue weighted by Gasteiger charge is -2.21. The summed E-state index contributed by atoms with van der Waals surface area (Å²) in [5, 5.41) is 1.50. The van der Waals surface area contributed by atoms with Crippen LogP contribution < -0.4 is 0 Å². The van der Waals surface area contributed by atoms with Gasteiger partial charge in [-0.05, 0) is 30.4 Å². The molecule has 1 fully saturated rings. The monoisotopic (exact) mass is 367 g/mol. The number of rotatable bonds is 6. The van der Waals surface area contributed by atoms with Crippen molar-refractivity contribution in [2.75, 3.05) is 19.8 Å². The first-order valence-corrected chi connectivity index (χ1v) is 12.7. The summed E-state index contributed by atoms with van der Waals surface area (Å²) in [6.45, 7) is 9.98. The lowest BCUT2D eigenvalue weighted by Crippen LogP contribution is -2.22. The molecule has 0 bridgehead atoms. The van der Waals surface area contributed by atoms with E-state index in [1.807, 2.05) is 0 Å². The van der Waals surface area contributed by atoms with Gasteiger partial charge < -0.3 is 14.0 Å². The van der Waals surface area contributed by atoms with Crippen molar-refractivity contribution in [3.63, 3.8) is 0 Å². The van der Waals surface area contributed by atoms with E-state index in [2.05, 4.69) is 40.4 Å². The zero-order valence-electron chi connectivity index (χ0n) is 14.7. The van der Waals surface area contributed by atoms with Crippen molar-refractivity contribution in [2.24, 2.45) is 0 Å². The highest BCUT2D eigenvalue weighted by molar-refractivity contribution is 6.76. The lowest BCUT2D eigenvalue weighted by molar-refractivity contribution is 0.0840. The van der Waals surface area contributed by atoms with Gasteiger partial charge in [-0.1, -0.05) is 31.2 Å². The van der Waals surface area contributed by atoms with Gasteiger partial charge in [-0.3, -0.25) is 0 Å². The van der Waals surface area contributed by atoms with Crippen molar-refractivity contribution in [3.05, 3.63) is 23.2 Å². The number of nitrogens with zero attached hydrogens (tertiary/aromatic N) is 3. The van der Waals surface area contributed by atoms with Crippen molar-refractivity contribution in [3.8, 4) is 0 Å². The van der Waals surface area contributed by atoms with Gasteiger partial charge in [0.1, 0.15) is 23.9 Å². The van der Waals surface area contributed by atoms with Gasteiger partial charge in [0.25, 0.3) is 0 Å². The van der Waals surface area contributed by atoms with E-state index in [-0.39, 0.29) is 0 Å². The van der Waals surface area contributed by atoms with E-state index < -0.39 is 8.07 Å². The molecule has 0 atom stereocenters. The van der Waals surface area contributed by atoms with Crippen LogP contribution in [0.25, 0.3) is 11.0 Å². The summed E-state index contributed by atoms with van der Waals surface area (Å²) in [5.74, 6) is 0.452. The van der Waals surface area contributed by atoms with Crippen molar-refractivity contribution < 1.29 is 9.47 Å². The Labute approximate surface area is 149 Å². The van der Waals surface area contributed by atoms with E-state index in [4.69, 9.17) is 21.1 Å². The lowest BCUT2D eigenvalue weighted by atomic mass is 9.92. The second-order valence-corrected chi connectivity index (χ2v) is 13.6. The third-order valence-corrected chi connectivity index (χ3v) is 6.52. The van der Waals surface area contributed by atoms with Gasteiger partial charge >= 0.3 is 0 Å². The molecule has 1 aliphatic rings. The van der Waals surface area contributed by atoms with Crippen LogP contribution >= 0.6 is 11.6 Å². The van der Waals surface area contributed by atoms with Crippen LogP contribution in [0.1, 0.15) is 24.3 Å². The standard InChI is InChI=1S/C17H26ClN3O2Si/c1-24(2,3)9-8-23-12-21-10-14(13-4-6-22-7-5-13)15-16(18)19-11-20-17(15)21/h10-11,13H,4-9,12H2,1-3H3. The maximum atomic E-state index is 6.38. The molecule has 0 radical (unpaired) electrons. The van der Waals surface area contributed by atoms with E-state index in [0.29, 0.717) is 17.8 Å². The van der Waals surface area contributed by atoms with Gasteiger partial charge in [-0.25, -0.2) is 9.97 Å². The quantitative estimate of drug-likeness (QED) is 0.434. The van der Waals surface area contributed by atoms with E-state index in [9.17, 15) is 0 Å². The van der Waals surface area contributed by atoms with Crippen molar-refractivity contribution in [1.82, 2.24) is 14.5 Å². The fourth-order valence-corrected chi connectivity index (χ4v) is 4.07. The Balaban J connectivity index is 1.81. The summed E-state index contributed by atoms with van der Waals surface area (Å²) in [6, 6.07) is 1.16. The molecule has 0 amide bonds. The molecular weight excluding hydrogens is 342 g/mol. The average Bonchev–Trinajstić information content (AvgIpc) is 2.92. The van der Waals surface area contributed by atoms with Gasteiger partial charge in [0.15, 0.2) is 0 Å². The predicted octanol–water partition coefficient (Wildman–Crippen LogP) is 4.29. The van der Waals surface area contributed by atoms with Crippen LogP contribution in [0, 0.1) is 0 Å². The fraction of sp³-hybridized carbons (Fsp3) is 0.647. The van der Waals surface area contributed by atoms with E-state index in [1.165, 1.54) is 11.9 Å². The van der Waals surface area contributed by atoms with Gasteiger partial charge in [-0.2, -0.15) is 0 Å². The summed E-state index contributed by atoms with van der Waals surface area (Å²) in [6.07, 6.45) is 5.70. The van der Waals surface area contributed by atoms with Crippen LogP contribution in [-0.2, 0) is 16.2 Å². The first-order valence-electron chi connectivity index (χ1n) is 8.60. The van der Waals surface area contributed by atoms with E-state index in [0.717, 1.165) is 49.7 Å². The zero-order chi connectivity index (χ0) is 17.2. The summed E-state index contributed by atoms with van der Waals surface area (Å²) in [5.41, 5.74) is 2.09. The predicted molar refractivity (Wildman–Crippen MR) is 99.4 cm³/mol. The third-order valence-electron chi connectivity index (χ3n) is 4.52. The minimum absolute atomic E-state index is 0.452. The normalized spacial score (nSPS) is 16.8. The molecule has 24 heavy (non-hydrogen) atoms. The number of hydrogen-bond donors (Lipinski definition) is 0. The van der Waals surface area contributed by atoms with Crippen molar-refractivity contribution in [1.29, 1.82) is 0 Å². The molecule has 0 unspecified atom stereocenters. The maximum Gasteiger partial charge on any atom is 0.147 e. The second kappa shape index (κ2) is 7.52. The van der Waals surface area contributed by atoms with Gasteiger partial charge in [0.2, 0.25) is 0 Å². The highest BCUT2D eigenvalue weighted by atomic mass is 35.5. The number of ether oxygens (including phenoxy) is 2. The molecule has 1 aliphatic heterocycles. The first kappa shape index (κ1) is 17.9. The summed E-state index contributed by atoms with van der Waals surface area (Å²) in [4.78, 5) is 8.63. The second-order valence-electron chi connectivity index (χ2n) is 7.65. The highest BCUT2D eigenvalue weighted by Crippen LogP contribution is 2.35. The van der Waals surface area contributed by atoms with Crippen LogP contribution in [0.4, 0.5) is 0 Å². The Morgan fingerprint density at radius 2 is 2.04 bits per heavy atom. The Kier molecular flexibility index (Phi) is 5.59. The van der Waals surface area contributed by atoms with Crippen LogP contribution in [0.15, 0.2) is 12.5 Å². The first-order chi connectivity index (χ1) is 11.5. The summed E-state index contributed by atoms with van der Waals surface area (Å²) >= 11 is 6.38. The van der Waals surface area contributed by atoms with E-state index in [1.54, 1.807) is 0 Å². The number of fused-ring (bicyclic) bond motifs is 1. The molecule has 0 aliphatic carbocycles. The SMILES string of the molecule is C[Si](C)(C)CCOCn1cc(C2CCOCC2)c2c(Cl)ncnc21. The Morgan fingerprint density at radius 1 is 1.29 bits per heavy atom. The highest BCUT2D eigenvalue weighted by Gasteiger charge is 2.23. The maximum absolute atomic E-state index is 6.38. The molecule has 0 aromatic carbocycles. The Morgan fingerprint density at radius 3 is 2.75 bits per heavy atom. The number of halogens is 1. The van der Waals surface area contributed by atoms with Gasteiger partial charge in [0.05, 0.1) is 5.39 Å². The summed E-state index contributed by atoms with van der Waals surface area (Å²) in [7, 11) is -1.07. The number of hydrogen-bond acceptors (Lipinski definition) is 4. The van der Waals surface area contributed by atoms with Crippen molar-refractivity contribution in [2.45, 2.75) is 51.2 Å². The van der Waals surface area contributed by atoms with Crippen LogP contribution in [-0.4, -0.2) is 42.4 Å². The molecule has 0 spiro atoms. The third kappa shape index (κ3) is 4.17.